The summed E-state index contributed by atoms with van der Waals surface area (Å²) in [4.78, 5) is 41.1. The molecule has 6 nitrogen and oxygen atoms in total. The Bertz CT molecular complexity index is 919. The van der Waals surface area contributed by atoms with Gasteiger partial charge in [0.1, 0.15) is 0 Å². The summed E-state index contributed by atoms with van der Waals surface area (Å²) >= 11 is 1.44. The van der Waals surface area contributed by atoms with E-state index in [9.17, 15) is 14.4 Å². The normalized spacial score (nSPS) is 16.0. The van der Waals surface area contributed by atoms with Gasteiger partial charge in [-0.05, 0) is 44.5 Å². The molecule has 0 fully saturated rings. The Morgan fingerprint density at radius 1 is 1.31 bits per heavy atom. The number of thioether (sulfide) groups is 1. The molecule has 26 heavy (non-hydrogen) atoms. The maximum absolute atomic E-state index is 12.6. The van der Waals surface area contributed by atoms with Gasteiger partial charge in [-0.25, -0.2) is 4.98 Å². The van der Waals surface area contributed by atoms with E-state index in [-0.39, 0.29) is 23.2 Å². The van der Waals surface area contributed by atoms with Crippen LogP contribution in [0.4, 0.5) is 5.69 Å². The van der Waals surface area contributed by atoms with Crippen molar-refractivity contribution in [3.63, 3.8) is 0 Å². The SMILES string of the molecule is CCc1c(C)nc2n(c1=O)CC(C(=O)Nc1ccc(C(C)=O)cc1)CS2. The number of nitrogens with one attached hydrogen (secondary N) is 1. The summed E-state index contributed by atoms with van der Waals surface area (Å²) in [7, 11) is 0. The molecular formula is C19H21N3O3S. The van der Waals surface area contributed by atoms with Crippen molar-refractivity contribution in [2.75, 3.05) is 11.1 Å². The molecule has 0 radical (unpaired) electrons. The van der Waals surface area contributed by atoms with Gasteiger partial charge in [0.05, 0.1) is 5.92 Å². The summed E-state index contributed by atoms with van der Waals surface area (Å²) in [6.45, 7) is 5.62. The van der Waals surface area contributed by atoms with Crippen LogP contribution in [0.2, 0.25) is 0 Å². The average Bonchev–Trinajstić information content (AvgIpc) is 2.62. The molecule has 0 spiro atoms. The van der Waals surface area contributed by atoms with E-state index in [1.54, 1.807) is 28.8 Å². The Hall–Kier alpha value is -2.41. The van der Waals surface area contributed by atoms with Crippen molar-refractivity contribution in [1.82, 2.24) is 9.55 Å². The molecule has 1 unspecified atom stereocenters. The average molecular weight is 371 g/mol. The summed E-state index contributed by atoms with van der Waals surface area (Å²) in [5.74, 6) is 0.113. The monoisotopic (exact) mass is 371 g/mol. The maximum atomic E-state index is 12.6. The van der Waals surface area contributed by atoms with Gasteiger partial charge in [-0.1, -0.05) is 18.7 Å². The Kier molecular flexibility index (Phi) is 5.27. The number of nitrogens with zero attached hydrogens (tertiary/aromatic N) is 2. The highest BCUT2D eigenvalue weighted by molar-refractivity contribution is 7.99. The van der Waals surface area contributed by atoms with Gasteiger partial charge in [-0.2, -0.15) is 0 Å². The summed E-state index contributed by atoms with van der Waals surface area (Å²) in [6.07, 6.45) is 0.627. The summed E-state index contributed by atoms with van der Waals surface area (Å²) < 4.78 is 1.61. The largest absolute Gasteiger partial charge is 0.326 e. The zero-order valence-corrected chi connectivity index (χ0v) is 15.9. The number of carbonyl (C=O) groups excluding carboxylic acids is 2. The van der Waals surface area contributed by atoms with Gasteiger partial charge in [0.15, 0.2) is 10.9 Å². The van der Waals surface area contributed by atoms with Gasteiger partial charge < -0.3 is 5.32 Å². The van der Waals surface area contributed by atoms with Crippen LogP contribution in [0.15, 0.2) is 34.2 Å². The standard InChI is InChI=1S/C19H21N3O3S/c1-4-16-11(2)20-19-22(18(16)25)9-14(10-26-19)17(24)21-15-7-5-13(6-8-15)12(3)23/h5-8,14H,4,9-10H2,1-3H3,(H,21,24). The molecular weight excluding hydrogens is 350 g/mol. The van der Waals surface area contributed by atoms with Crippen molar-refractivity contribution in [3.05, 3.63) is 51.4 Å². The Morgan fingerprint density at radius 3 is 2.62 bits per heavy atom. The highest BCUT2D eigenvalue weighted by atomic mass is 32.2. The first-order chi connectivity index (χ1) is 12.4. The number of aryl methyl sites for hydroxylation is 1. The first kappa shape index (κ1) is 18.4. The lowest BCUT2D eigenvalue weighted by Gasteiger charge is -2.25. The quantitative estimate of drug-likeness (QED) is 0.660. The number of fused-ring (bicyclic) bond motifs is 1. The minimum atomic E-state index is -0.313. The smallest absolute Gasteiger partial charge is 0.257 e. The second kappa shape index (κ2) is 7.45. The van der Waals surface area contributed by atoms with Crippen LogP contribution in [0, 0.1) is 12.8 Å². The van der Waals surface area contributed by atoms with Gasteiger partial charge in [0.25, 0.3) is 5.56 Å². The third kappa shape index (κ3) is 3.58. The molecule has 0 bridgehead atoms. The fourth-order valence-electron chi connectivity index (χ4n) is 2.99. The van der Waals surface area contributed by atoms with Crippen molar-refractivity contribution in [2.45, 2.75) is 38.9 Å². The van der Waals surface area contributed by atoms with Gasteiger partial charge in [-0.3, -0.25) is 19.0 Å². The molecule has 1 atom stereocenters. The second-order valence-corrected chi connectivity index (χ2v) is 7.35. The number of rotatable bonds is 4. The minimum Gasteiger partial charge on any atom is -0.326 e. The topological polar surface area (TPSA) is 81.1 Å². The Morgan fingerprint density at radius 2 is 2.00 bits per heavy atom. The fourth-order valence-corrected chi connectivity index (χ4v) is 4.12. The van der Waals surface area contributed by atoms with Gasteiger partial charge in [0, 0.05) is 34.8 Å². The number of aromatic nitrogens is 2. The van der Waals surface area contributed by atoms with Gasteiger partial charge >= 0.3 is 0 Å². The van der Waals surface area contributed by atoms with E-state index in [4.69, 9.17) is 0 Å². The number of benzene rings is 1. The molecule has 7 heteroatoms. The number of carbonyl (C=O) groups is 2. The number of hydrogen-bond donors (Lipinski definition) is 1. The number of ketones is 1. The van der Waals surface area contributed by atoms with E-state index in [0.29, 0.717) is 40.7 Å². The molecule has 2 heterocycles. The maximum Gasteiger partial charge on any atom is 0.257 e. The lowest BCUT2D eigenvalue weighted by molar-refractivity contribution is -0.119. The van der Waals surface area contributed by atoms with Crippen LogP contribution in [-0.2, 0) is 17.8 Å². The highest BCUT2D eigenvalue weighted by Gasteiger charge is 2.28. The molecule has 1 N–H and O–H groups in total. The lowest BCUT2D eigenvalue weighted by Crippen LogP contribution is -2.38. The van der Waals surface area contributed by atoms with Crippen LogP contribution >= 0.6 is 11.8 Å². The van der Waals surface area contributed by atoms with E-state index >= 15 is 0 Å². The van der Waals surface area contributed by atoms with Crippen molar-refractivity contribution in [1.29, 1.82) is 0 Å². The van der Waals surface area contributed by atoms with Crippen LogP contribution in [0.5, 0.6) is 0 Å². The molecule has 0 aliphatic carbocycles. The first-order valence-corrected chi connectivity index (χ1v) is 9.54. The Labute approximate surface area is 156 Å². The summed E-state index contributed by atoms with van der Waals surface area (Å²) in [6, 6.07) is 6.80. The van der Waals surface area contributed by atoms with E-state index in [0.717, 1.165) is 5.69 Å². The van der Waals surface area contributed by atoms with E-state index in [1.807, 2.05) is 13.8 Å². The van der Waals surface area contributed by atoms with Crippen molar-refractivity contribution >= 4 is 29.1 Å². The molecule has 0 saturated heterocycles. The minimum absolute atomic E-state index is 0.0166. The van der Waals surface area contributed by atoms with E-state index in [1.165, 1.54) is 18.7 Å². The first-order valence-electron chi connectivity index (χ1n) is 8.55. The second-order valence-electron chi connectivity index (χ2n) is 6.36. The molecule has 1 aliphatic rings. The number of anilines is 1. The van der Waals surface area contributed by atoms with Crippen molar-refractivity contribution in [3.8, 4) is 0 Å². The predicted molar refractivity (Wildman–Crippen MR) is 102 cm³/mol. The Balaban J connectivity index is 1.77. The number of Topliss-reactive ketones (excluding diaryl/α,β-unsaturated/α-hetero) is 1. The van der Waals surface area contributed by atoms with Gasteiger partial charge in [-0.15, -0.1) is 0 Å². The molecule has 136 valence electrons. The third-order valence-corrected chi connectivity index (χ3v) is 5.67. The fraction of sp³-hybridized carbons (Fsp3) is 0.368. The van der Waals surface area contributed by atoms with Crippen LogP contribution in [0.3, 0.4) is 0 Å². The summed E-state index contributed by atoms with van der Waals surface area (Å²) in [5.41, 5.74) is 2.66. The lowest BCUT2D eigenvalue weighted by atomic mass is 10.1. The van der Waals surface area contributed by atoms with Gasteiger partial charge in [0.2, 0.25) is 5.91 Å². The molecule has 3 rings (SSSR count). The molecule has 1 amide bonds. The zero-order valence-electron chi connectivity index (χ0n) is 15.0. The van der Waals surface area contributed by atoms with Crippen LogP contribution in [0.1, 0.15) is 35.5 Å². The molecule has 0 saturated carbocycles. The third-order valence-electron chi connectivity index (χ3n) is 4.53. The van der Waals surface area contributed by atoms with Crippen LogP contribution in [-0.4, -0.2) is 27.0 Å². The summed E-state index contributed by atoms with van der Waals surface area (Å²) in [5, 5.41) is 3.55. The number of amides is 1. The molecule has 1 aromatic carbocycles. The number of hydrogen-bond acceptors (Lipinski definition) is 5. The van der Waals surface area contributed by atoms with Crippen molar-refractivity contribution in [2.24, 2.45) is 5.92 Å². The van der Waals surface area contributed by atoms with Crippen molar-refractivity contribution < 1.29 is 9.59 Å². The molecule has 1 aliphatic heterocycles. The molecule has 1 aromatic heterocycles. The molecule has 2 aromatic rings. The van der Waals surface area contributed by atoms with E-state index in [2.05, 4.69) is 10.3 Å². The van der Waals surface area contributed by atoms with E-state index < -0.39 is 0 Å². The van der Waals surface area contributed by atoms with Crippen LogP contribution < -0.4 is 10.9 Å². The predicted octanol–water partition coefficient (Wildman–Crippen LogP) is 2.68. The van der Waals surface area contributed by atoms with Crippen LogP contribution in [0.25, 0.3) is 0 Å². The highest BCUT2D eigenvalue weighted by Crippen LogP contribution is 2.26. The zero-order chi connectivity index (χ0) is 18.8.